The minimum Gasteiger partial charge on any atom is -0.395 e. The van der Waals surface area contributed by atoms with E-state index in [-0.39, 0.29) is 0 Å². The van der Waals surface area contributed by atoms with Gasteiger partial charge in [0.2, 0.25) is 0 Å². The summed E-state index contributed by atoms with van der Waals surface area (Å²) in [4.78, 5) is 7.88. The number of aliphatic hydroxyl groups excluding tert-OH is 1. The fraction of sp³-hybridized carbons (Fsp3) is 1.00. The molecule has 0 aliphatic carbocycles. The van der Waals surface area contributed by atoms with Crippen LogP contribution in [-0.2, 0) is 0 Å². The Hall–Kier alpha value is -0.200. The van der Waals surface area contributed by atoms with Gasteiger partial charge in [-0.25, -0.2) is 0 Å². The lowest BCUT2D eigenvalue weighted by Gasteiger charge is -2.46. The highest BCUT2D eigenvalue weighted by molar-refractivity contribution is 4.91. The lowest BCUT2D eigenvalue weighted by atomic mass is 9.89. The summed E-state index contributed by atoms with van der Waals surface area (Å²) in [5.41, 5.74) is 0. The molecule has 0 saturated carbocycles. The highest BCUT2D eigenvalue weighted by Crippen LogP contribution is 2.25. The number of aliphatic hydroxyl groups is 1. The molecule has 0 aromatic carbocycles. The number of hydrogen-bond acceptors (Lipinski definition) is 5. The highest BCUT2D eigenvalue weighted by atomic mass is 16.3. The number of rotatable bonds is 5. The first-order chi connectivity index (χ1) is 11.3. The van der Waals surface area contributed by atoms with Gasteiger partial charge in [0.05, 0.1) is 6.61 Å². The molecule has 3 heterocycles. The summed E-state index contributed by atoms with van der Waals surface area (Å²) < 4.78 is 0. The van der Waals surface area contributed by atoms with E-state index in [2.05, 4.69) is 26.9 Å². The van der Waals surface area contributed by atoms with Crippen LogP contribution in [-0.4, -0.2) is 97.4 Å². The zero-order chi connectivity index (χ0) is 16.1. The van der Waals surface area contributed by atoms with Crippen molar-refractivity contribution >= 4 is 0 Å². The third-order valence-electron chi connectivity index (χ3n) is 6.29. The SMILES string of the molecule is CC1CCCCN1CC1CCNCC1N1CCN(CCO)CC1. The molecule has 3 atom stereocenters. The van der Waals surface area contributed by atoms with E-state index < -0.39 is 0 Å². The summed E-state index contributed by atoms with van der Waals surface area (Å²) in [7, 11) is 0. The van der Waals surface area contributed by atoms with Gasteiger partial charge < -0.3 is 15.3 Å². The van der Waals surface area contributed by atoms with Crippen molar-refractivity contribution in [2.45, 2.75) is 44.7 Å². The van der Waals surface area contributed by atoms with Crippen LogP contribution in [0.3, 0.4) is 0 Å². The Kier molecular flexibility index (Phi) is 6.72. The fourth-order valence-corrected chi connectivity index (χ4v) is 4.73. The Balaban J connectivity index is 1.54. The smallest absolute Gasteiger partial charge is 0.0558 e. The molecule has 3 saturated heterocycles. The lowest BCUT2D eigenvalue weighted by molar-refractivity contribution is 0.0290. The summed E-state index contributed by atoms with van der Waals surface area (Å²) in [6.45, 7) is 13.1. The maximum Gasteiger partial charge on any atom is 0.0558 e. The fourth-order valence-electron chi connectivity index (χ4n) is 4.73. The van der Waals surface area contributed by atoms with E-state index in [1.807, 2.05) is 0 Å². The maximum atomic E-state index is 9.11. The number of likely N-dealkylation sites (tertiary alicyclic amines) is 1. The first-order valence-electron chi connectivity index (χ1n) is 9.80. The Morgan fingerprint density at radius 1 is 1.04 bits per heavy atom. The minimum atomic E-state index is 0.292. The standard InChI is InChI=1S/C18H36N4O/c1-16-4-2-3-7-22(16)15-17-5-6-19-14-18(17)21-10-8-20(9-11-21)12-13-23/h16-19,23H,2-15H2,1H3. The van der Waals surface area contributed by atoms with Crippen molar-refractivity contribution in [1.29, 1.82) is 0 Å². The average molecular weight is 325 g/mol. The van der Waals surface area contributed by atoms with Gasteiger partial charge in [-0.05, 0) is 45.2 Å². The van der Waals surface area contributed by atoms with Crippen molar-refractivity contribution in [3.8, 4) is 0 Å². The molecule has 0 bridgehead atoms. The van der Waals surface area contributed by atoms with Crippen molar-refractivity contribution in [1.82, 2.24) is 20.0 Å². The van der Waals surface area contributed by atoms with E-state index in [1.165, 1.54) is 58.4 Å². The molecule has 0 amide bonds. The predicted octanol–water partition coefficient (Wildman–Crippen LogP) is 0.449. The molecule has 134 valence electrons. The Morgan fingerprint density at radius 3 is 2.61 bits per heavy atom. The molecule has 0 aromatic heterocycles. The van der Waals surface area contributed by atoms with Crippen LogP contribution >= 0.6 is 0 Å². The summed E-state index contributed by atoms with van der Waals surface area (Å²) >= 11 is 0. The van der Waals surface area contributed by atoms with Crippen molar-refractivity contribution in [2.24, 2.45) is 5.92 Å². The van der Waals surface area contributed by atoms with Crippen LogP contribution in [0.4, 0.5) is 0 Å². The van der Waals surface area contributed by atoms with Crippen LogP contribution in [0.25, 0.3) is 0 Å². The molecule has 0 radical (unpaired) electrons. The molecule has 3 unspecified atom stereocenters. The minimum absolute atomic E-state index is 0.292. The van der Waals surface area contributed by atoms with Gasteiger partial charge in [-0.2, -0.15) is 0 Å². The monoisotopic (exact) mass is 324 g/mol. The zero-order valence-corrected chi connectivity index (χ0v) is 14.9. The van der Waals surface area contributed by atoms with Crippen LogP contribution in [0.2, 0.25) is 0 Å². The van der Waals surface area contributed by atoms with E-state index >= 15 is 0 Å². The van der Waals surface area contributed by atoms with Gasteiger partial charge in [0.1, 0.15) is 0 Å². The van der Waals surface area contributed by atoms with Crippen molar-refractivity contribution in [3.63, 3.8) is 0 Å². The van der Waals surface area contributed by atoms with Crippen LogP contribution < -0.4 is 5.32 Å². The topological polar surface area (TPSA) is 42.0 Å². The van der Waals surface area contributed by atoms with Gasteiger partial charge in [0, 0.05) is 57.9 Å². The van der Waals surface area contributed by atoms with Crippen molar-refractivity contribution in [3.05, 3.63) is 0 Å². The number of hydrogen-bond donors (Lipinski definition) is 2. The van der Waals surface area contributed by atoms with Gasteiger partial charge in [-0.1, -0.05) is 6.42 Å². The van der Waals surface area contributed by atoms with E-state index in [4.69, 9.17) is 5.11 Å². The van der Waals surface area contributed by atoms with Crippen LogP contribution in [0.5, 0.6) is 0 Å². The zero-order valence-electron chi connectivity index (χ0n) is 14.9. The van der Waals surface area contributed by atoms with Crippen LogP contribution in [0, 0.1) is 5.92 Å². The van der Waals surface area contributed by atoms with E-state index in [1.54, 1.807) is 0 Å². The van der Waals surface area contributed by atoms with E-state index in [0.717, 1.165) is 38.1 Å². The third kappa shape index (κ3) is 4.67. The van der Waals surface area contributed by atoms with Crippen molar-refractivity contribution < 1.29 is 5.11 Å². The van der Waals surface area contributed by atoms with Crippen LogP contribution in [0.15, 0.2) is 0 Å². The molecular weight excluding hydrogens is 288 g/mol. The van der Waals surface area contributed by atoms with E-state index in [9.17, 15) is 0 Å². The first-order valence-corrected chi connectivity index (χ1v) is 9.80. The molecule has 0 spiro atoms. The van der Waals surface area contributed by atoms with Gasteiger partial charge >= 0.3 is 0 Å². The molecule has 5 heteroatoms. The molecule has 5 nitrogen and oxygen atoms in total. The lowest BCUT2D eigenvalue weighted by Crippen LogP contribution is -2.59. The second kappa shape index (κ2) is 8.77. The predicted molar refractivity (Wildman–Crippen MR) is 94.7 cm³/mol. The van der Waals surface area contributed by atoms with Gasteiger partial charge in [0.15, 0.2) is 0 Å². The number of piperidine rings is 2. The first kappa shape index (κ1) is 17.6. The quantitative estimate of drug-likeness (QED) is 0.769. The maximum absolute atomic E-state index is 9.11. The summed E-state index contributed by atoms with van der Waals surface area (Å²) in [6, 6.07) is 1.48. The number of piperazine rings is 1. The van der Waals surface area contributed by atoms with Gasteiger partial charge in [-0.15, -0.1) is 0 Å². The van der Waals surface area contributed by atoms with Crippen molar-refractivity contribution in [2.75, 3.05) is 65.5 Å². The summed E-state index contributed by atoms with van der Waals surface area (Å²) in [6.07, 6.45) is 5.51. The second-order valence-corrected chi connectivity index (χ2v) is 7.76. The van der Waals surface area contributed by atoms with Gasteiger partial charge in [0.25, 0.3) is 0 Å². The Labute approximate surface area is 142 Å². The molecule has 3 rings (SSSR count). The Morgan fingerprint density at radius 2 is 1.87 bits per heavy atom. The summed E-state index contributed by atoms with van der Waals surface area (Å²) in [5, 5.41) is 12.7. The second-order valence-electron chi connectivity index (χ2n) is 7.76. The average Bonchev–Trinajstić information content (AvgIpc) is 2.59. The molecule has 2 N–H and O–H groups in total. The normalized spacial score (nSPS) is 35.5. The largest absolute Gasteiger partial charge is 0.395 e. The van der Waals surface area contributed by atoms with Gasteiger partial charge in [-0.3, -0.25) is 9.80 Å². The molecule has 3 aliphatic heterocycles. The summed E-state index contributed by atoms with van der Waals surface area (Å²) in [5.74, 6) is 0.821. The molecule has 0 aromatic rings. The molecule has 3 fully saturated rings. The van der Waals surface area contributed by atoms with Crippen LogP contribution in [0.1, 0.15) is 32.6 Å². The Bertz CT molecular complexity index is 346. The highest BCUT2D eigenvalue weighted by Gasteiger charge is 2.34. The number of nitrogens with zero attached hydrogens (tertiary/aromatic N) is 3. The molecule has 3 aliphatic rings. The third-order valence-corrected chi connectivity index (χ3v) is 6.29. The molecular formula is C18H36N4O. The number of nitrogens with one attached hydrogen (secondary N) is 1. The number of β-amino-alcohol motifs (C(OH)–C–C–N with tert-alkyl or cyclic N) is 1. The molecule has 23 heavy (non-hydrogen) atoms. The van der Waals surface area contributed by atoms with E-state index in [0.29, 0.717) is 12.6 Å².